The molecule has 0 spiro atoms. The summed E-state index contributed by atoms with van der Waals surface area (Å²) in [5, 5.41) is 52.4. The second kappa shape index (κ2) is 14.2. The molecule has 11 nitrogen and oxygen atoms in total. The van der Waals surface area contributed by atoms with Gasteiger partial charge in [-0.2, -0.15) is 0 Å². The van der Waals surface area contributed by atoms with Crippen molar-refractivity contribution in [2.75, 3.05) is 19.7 Å². The van der Waals surface area contributed by atoms with E-state index in [1.54, 1.807) is 0 Å². The highest BCUT2D eigenvalue weighted by Gasteiger charge is 2.48. The lowest BCUT2D eigenvalue weighted by atomic mass is 9.99. The van der Waals surface area contributed by atoms with Crippen LogP contribution in [0.5, 0.6) is 11.5 Å². The molecule has 208 valence electrons. The summed E-state index contributed by atoms with van der Waals surface area (Å²) >= 11 is 0. The molecule has 1 heterocycles. The highest BCUT2D eigenvalue weighted by atomic mass is 16.7. The summed E-state index contributed by atoms with van der Waals surface area (Å²) in [7, 11) is 0. The number of hydrogen-bond acceptors (Lipinski definition) is 10. The van der Waals surface area contributed by atoms with Gasteiger partial charge in [0, 0.05) is 19.8 Å². The molecule has 2 aromatic carbocycles. The number of phenols is 1. The molecule has 0 amide bonds. The van der Waals surface area contributed by atoms with Crippen molar-refractivity contribution in [3.05, 3.63) is 59.7 Å². The van der Waals surface area contributed by atoms with Crippen molar-refractivity contribution in [2.45, 2.75) is 62.9 Å². The normalized spacial score (nSPS) is 26.7. The Morgan fingerprint density at radius 3 is 2.61 bits per heavy atom. The molecule has 6 atom stereocenters. The number of carboxylic acid groups (broad SMARTS) is 1. The summed E-state index contributed by atoms with van der Waals surface area (Å²) in [5.74, 6) is -2.12. The molecule has 38 heavy (non-hydrogen) atoms. The first-order valence-corrected chi connectivity index (χ1v) is 11.9. The third-order valence-corrected chi connectivity index (χ3v) is 5.90. The first-order valence-electron chi connectivity index (χ1n) is 14.4. The minimum Gasteiger partial charge on any atom is -0.508 e. The van der Waals surface area contributed by atoms with Gasteiger partial charge in [0.05, 0.1) is 5.56 Å². The van der Waals surface area contributed by atoms with Crippen molar-refractivity contribution >= 4 is 11.8 Å². The van der Waals surface area contributed by atoms with Crippen LogP contribution < -0.4 is 10.1 Å². The maximum Gasteiger partial charge on any atom is 0.335 e. The van der Waals surface area contributed by atoms with Gasteiger partial charge in [-0.25, -0.2) is 4.79 Å². The van der Waals surface area contributed by atoms with E-state index in [1.165, 1.54) is 18.2 Å². The molecule has 1 aliphatic rings. The fourth-order valence-corrected chi connectivity index (χ4v) is 3.88. The van der Waals surface area contributed by atoms with E-state index < -0.39 is 69.2 Å². The largest absolute Gasteiger partial charge is 0.508 e. The van der Waals surface area contributed by atoms with Crippen molar-refractivity contribution in [2.24, 2.45) is 0 Å². The first kappa shape index (κ1) is 22.9. The third-order valence-electron chi connectivity index (χ3n) is 5.90. The molecule has 0 saturated carbocycles. The van der Waals surface area contributed by atoms with Gasteiger partial charge in [0.2, 0.25) is 0 Å². The Bertz CT molecular complexity index is 1230. The van der Waals surface area contributed by atoms with Crippen LogP contribution >= 0.6 is 0 Å². The molecule has 2 aromatic rings. The number of rotatable bonds is 14. The zero-order valence-electron chi connectivity index (χ0n) is 25.4. The zero-order valence-corrected chi connectivity index (χ0v) is 20.4. The average molecular weight is 539 g/mol. The van der Waals surface area contributed by atoms with Gasteiger partial charge in [-0.1, -0.05) is 37.2 Å². The molecular weight excluding hydrogens is 498 g/mol. The number of aliphatic hydroxyl groups excluding tert-OH is 3. The molecule has 3 rings (SSSR count). The first-order chi connectivity index (χ1) is 20.1. The minimum atomic E-state index is -2.95. The number of ketones is 1. The molecule has 0 aromatic heterocycles. The number of nitrogens with one attached hydrogen (secondary N) is 1. The second-order valence-electron chi connectivity index (χ2n) is 8.70. The number of aromatic hydroxyl groups is 1. The van der Waals surface area contributed by atoms with Gasteiger partial charge in [-0.15, -0.1) is 0 Å². The molecule has 11 heteroatoms. The Balaban J connectivity index is 1.77. The maximum atomic E-state index is 13.0. The number of phenolic OH excluding ortho intramolecular Hbond substituents is 1. The van der Waals surface area contributed by atoms with Crippen molar-refractivity contribution in [1.82, 2.24) is 5.32 Å². The fourth-order valence-electron chi connectivity index (χ4n) is 3.88. The highest BCUT2D eigenvalue weighted by molar-refractivity contribution is 5.99. The molecule has 1 fully saturated rings. The van der Waals surface area contributed by atoms with E-state index in [-0.39, 0.29) is 35.8 Å². The molecule has 1 aliphatic heterocycles. The van der Waals surface area contributed by atoms with Gasteiger partial charge in [-0.05, 0) is 43.1 Å². The quantitative estimate of drug-likeness (QED) is 0.188. The molecule has 0 bridgehead atoms. The molecule has 6 N–H and O–H groups in total. The zero-order chi connectivity index (χ0) is 31.9. The number of carbonyl (C=O) groups excluding carboxylic acids is 1. The van der Waals surface area contributed by atoms with E-state index >= 15 is 0 Å². The summed E-state index contributed by atoms with van der Waals surface area (Å²) in [4.78, 5) is 24.5. The molecule has 0 aliphatic carbocycles. The van der Waals surface area contributed by atoms with Crippen LogP contribution in [-0.2, 0) is 20.7 Å². The highest BCUT2D eigenvalue weighted by Crippen LogP contribution is 2.27. The van der Waals surface area contributed by atoms with Crippen LogP contribution in [0.3, 0.4) is 0 Å². The Kier molecular flexibility index (Phi) is 8.55. The van der Waals surface area contributed by atoms with Crippen molar-refractivity contribution in [3.8, 4) is 11.5 Å². The standard InChI is InChI=1S/C27H35NO10/c1-2-12-28-14-18(37-27-24(33)22(31)23(32)25(38-27)26(34)35)15-36-21-11-9-17(29)13-19(21)20(30)10-8-16-6-4-3-5-7-16/h3-7,9,11,13,18,22-25,27-29,31-33H,2,8,10,12,14-15H2,1H3,(H,34,35)/t18?,22-,23-,24+,25-,27+/m0/s1/i1D3,2D2. The number of aliphatic hydroxyl groups is 3. The summed E-state index contributed by atoms with van der Waals surface area (Å²) < 4.78 is 54.3. The predicted molar refractivity (Wildman–Crippen MR) is 135 cm³/mol. The molecule has 1 saturated heterocycles. The number of ether oxygens (including phenoxy) is 3. The van der Waals surface area contributed by atoms with Gasteiger partial charge < -0.3 is 45.1 Å². The van der Waals surface area contributed by atoms with Crippen LogP contribution in [0.15, 0.2) is 48.5 Å². The van der Waals surface area contributed by atoms with Gasteiger partial charge in [0.1, 0.15) is 42.5 Å². The number of aryl methyl sites for hydroxylation is 1. The van der Waals surface area contributed by atoms with Crippen molar-refractivity contribution in [3.63, 3.8) is 0 Å². The lowest BCUT2D eigenvalue weighted by Crippen LogP contribution is -2.61. The maximum absolute atomic E-state index is 13.0. The van der Waals surface area contributed by atoms with Crippen molar-refractivity contribution in [1.29, 1.82) is 0 Å². The lowest BCUT2D eigenvalue weighted by molar-refractivity contribution is -0.305. The number of aliphatic carboxylic acids is 1. The molecule has 1 unspecified atom stereocenters. The summed E-state index contributed by atoms with van der Waals surface area (Å²) in [6.07, 6.45) is -12.9. The fraction of sp³-hybridized carbons (Fsp3) is 0.481. The second-order valence-corrected chi connectivity index (χ2v) is 8.70. The van der Waals surface area contributed by atoms with E-state index in [0.717, 1.165) is 5.56 Å². The van der Waals surface area contributed by atoms with Gasteiger partial charge in [0.15, 0.2) is 18.2 Å². The smallest absolute Gasteiger partial charge is 0.335 e. The van der Waals surface area contributed by atoms with Crippen LogP contribution in [0.4, 0.5) is 0 Å². The summed E-state index contributed by atoms with van der Waals surface area (Å²) in [6.45, 7) is -4.34. The predicted octanol–water partition coefficient (Wildman–Crippen LogP) is 0.863. The van der Waals surface area contributed by atoms with Crippen LogP contribution in [0.25, 0.3) is 0 Å². The molecular formula is C27H35NO10. The van der Waals surface area contributed by atoms with E-state index in [9.17, 15) is 35.1 Å². The Labute approximate surface area is 227 Å². The SMILES string of the molecule is [2H]C([2H])([2H])C([2H])([2H])CNCC(COc1ccc(O)cc1C(=O)CCc1ccccc1)O[C@@H]1O[C@H](C(=O)O)[C@@H](O)[C@H](O)[C@H]1O. The number of hydrogen-bond donors (Lipinski definition) is 6. The minimum absolute atomic E-state index is 0.0475. The van der Waals surface area contributed by atoms with Crippen LogP contribution in [0.2, 0.25) is 0 Å². The summed E-state index contributed by atoms with van der Waals surface area (Å²) in [6, 6.07) is 13.1. The van der Waals surface area contributed by atoms with Crippen LogP contribution in [0, 0.1) is 0 Å². The topological polar surface area (TPSA) is 175 Å². The number of carboxylic acids is 1. The van der Waals surface area contributed by atoms with E-state index in [4.69, 9.17) is 21.1 Å². The number of Topliss-reactive ketones (excluding diaryl/α,β-unsaturated/α-hetero) is 1. The third kappa shape index (κ3) is 7.97. The van der Waals surface area contributed by atoms with Gasteiger partial charge in [-0.3, -0.25) is 4.79 Å². The Morgan fingerprint density at radius 2 is 1.89 bits per heavy atom. The Morgan fingerprint density at radius 1 is 1.13 bits per heavy atom. The van der Waals surface area contributed by atoms with Gasteiger partial charge in [0.25, 0.3) is 0 Å². The summed E-state index contributed by atoms with van der Waals surface area (Å²) in [5.41, 5.74) is 0.979. The average Bonchev–Trinajstić information content (AvgIpc) is 2.94. The van der Waals surface area contributed by atoms with E-state index in [2.05, 4.69) is 5.32 Å². The number of carbonyl (C=O) groups is 2. The monoisotopic (exact) mass is 538 g/mol. The van der Waals surface area contributed by atoms with E-state index in [1.807, 2.05) is 30.3 Å². The lowest BCUT2D eigenvalue weighted by Gasteiger charge is -2.39. The molecule has 0 radical (unpaired) electrons. The van der Waals surface area contributed by atoms with Gasteiger partial charge >= 0.3 is 5.97 Å². The number of benzene rings is 2. The van der Waals surface area contributed by atoms with Crippen LogP contribution in [-0.4, -0.2) is 93.8 Å². The van der Waals surface area contributed by atoms with Crippen LogP contribution in [0.1, 0.15) is 42.4 Å². The Hall–Kier alpha value is -3.06. The van der Waals surface area contributed by atoms with Crippen molar-refractivity contribution < 1.29 is 56.2 Å². The van der Waals surface area contributed by atoms with E-state index in [0.29, 0.717) is 6.42 Å².